The number of hydrogen-bond donors (Lipinski definition) is 0. The Bertz CT molecular complexity index is 1460. The molecule has 0 bridgehead atoms. The third-order valence-corrected chi connectivity index (χ3v) is 7.90. The van der Waals surface area contributed by atoms with E-state index < -0.39 is 0 Å². The summed E-state index contributed by atoms with van der Waals surface area (Å²) in [5, 5.41) is 5.23. The predicted molar refractivity (Wildman–Crippen MR) is 153 cm³/mol. The average Bonchev–Trinajstić information content (AvgIpc) is 3.25. The molecule has 0 radical (unpaired) electrons. The van der Waals surface area contributed by atoms with Crippen LogP contribution in [0.15, 0.2) is 101 Å². The zero-order valence-corrected chi connectivity index (χ0v) is 21.7. The monoisotopic (exact) mass is 477 g/mol. The molecule has 0 saturated heterocycles. The summed E-state index contributed by atoms with van der Waals surface area (Å²) < 4.78 is 2.41. The Morgan fingerprint density at radius 1 is 0.886 bits per heavy atom. The van der Waals surface area contributed by atoms with Crippen molar-refractivity contribution in [2.45, 2.75) is 45.1 Å². The summed E-state index contributed by atoms with van der Waals surface area (Å²) in [7, 11) is 0. The number of pyridine rings is 1. The van der Waals surface area contributed by atoms with Gasteiger partial charge in [0.25, 0.3) is 0 Å². The molecule has 3 heteroatoms. The second kappa shape index (κ2) is 10.5. The topological polar surface area (TPSA) is 7.12 Å². The fourth-order valence-corrected chi connectivity index (χ4v) is 6.18. The molecule has 2 heterocycles. The van der Waals surface area contributed by atoms with Gasteiger partial charge in [-0.15, -0.1) is 0 Å². The Balaban J connectivity index is 1.38. The molecule has 35 heavy (non-hydrogen) atoms. The van der Waals surface area contributed by atoms with Crippen molar-refractivity contribution < 1.29 is 4.57 Å². The van der Waals surface area contributed by atoms with Crippen LogP contribution in [0.1, 0.15) is 37.8 Å². The van der Waals surface area contributed by atoms with Crippen LogP contribution in [-0.2, 0) is 6.54 Å². The molecular weight excluding hydrogens is 444 g/mol. The van der Waals surface area contributed by atoms with Crippen molar-refractivity contribution in [3.05, 3.63) is 107 Å². The van der Waals surface area contributed by atoms with E-state index in [0.717, 1.165) is 13.1 Å². The summed E-state index contributed by atoms with van der Waals surface area (Å²) in [5.74, 6) is 0. The maximum atomic E-state index is 2.41. The smallest absolute Gasteiger partial charge is 0.216 e. The van der Waals surface area contributed by atoms with Gasteiger partial charge in [-0.1, -0.05) is 91.9 Å². The van der Waals surface area contributed by atoms with Gasteiger partial charge >= 0.3 is 0 Å². The lowest BCUT2D eigenvalue weighted by Gasteiger charge is -2.17. The molecule has 1 aliphatic heterocycles. The lowest BCUT2D eigenvalue weighted by atomic mass is 10.0. The number of anilines is 1. The molecule has 0 atom stereocenters. The molecule has 0 N–H and O–H groups in total. The molecule has 0 aliphatic carbocycles. The van der Waals surface area contributed by atoms with Gasteiger partial charge in [-0.2, -0.15) is 4.57 Å². The average molecular weight is 478 g/mol. The number of rotatable bonds is 7. The first-order chi connectivity index (χ1) is 17.2. The fraction of sp³-hybridized carbons (Fsp3) is 0.219. The molecular formula is C32H33N2S+. The van der Waals surface area contributed by atoms with Gasteiger partial charge in [0.15, 0.2) is 6.20 Å². The molecule has 5 rings (SSSR count). The van der Waals surface area contributed by atoms with Crippen LogP contribution in [0, 0.1) is 6.92 Å². The Morgan fingerprint density at radius 3 is 2.60 bits per heavy atom. The highest BCUT2D eigenvalue weighted by atomic mass is 32.2. The quantitative estimate of drug-likeness (QED) is 0.195. The SMILES string of the molecule is CCCC[n+]1ccc(C=CC=CC=C2Sc3c(ccc4ccccc34)N2CC)c2cccc(C)c21. The largest absolute Gasteiger partial charge is 0.335 e. The van der Waals surface area contributed by atoms with Gasteiger partial charge in [0.1, 0.15) is 6.54 Å². The van der Waals surface area contributed by atoms with Crippen molar-refractivity contribution in [1.29, 1.82) is 0 Å². The van der Waals surface area contributed by atoms with Crippen LogP contribution in [0.4, 0.5) is 5.69 Å². The van der Waals surface area contributed by atoms with E-state index in [2.05, 4.69) is 127 Å². The maximum Gasteiger partial charge on any atom is 0.216 e. The molecule has 0 spiro atoms. The van der Waals surface area contributed by atoms with Crippen LogP contribution in [0.5, 0.6) is 0 Å². The number of fused-ring (bicyclic) bond motifs is 4. The molecule has 1 aromatic heterocycles. The minimum absolute atomic E-state index is 0.960. The number of para-hydroxylation sites is 1. The van der Waals surface area contributed by atoms with E-state index in [1.807, 2.05) is 11.8 Å². The van der Waals surface area contributed by atoms with Crippen molar-refractivity contribution in [2.24, 2.45) is 0 Å². The van der Waals surface area contributed by atoms with Crippen molar-refractivity contribution in [1.82, 2.24) is 0 Å². The Morgan fingerprint density at radius 2 is 1.74 bits per heavy atom. The zero-order chi connectivity index (χ0) is 24.2. The van der Waals surface area contributed by atoms with Crippen molar-refractivity contribution in [3.8, 4) is 0 Å². The first-order valence-electron chi connectivity index (χ1n) is 12.6. The third kappa shape index (κ3) is 4.66. The van der Waals surface area contributed by atoms with Gasteiger partial charge in [-0.25, -0.2) is 0 Å². The standard InChI is InChI=1S/C32H33N2S/c1-4-6-22-33-23-21-26(27-17-12-13-24(3)31(27)33)14-8-7-9-18-30-34(5-2)29-20-19-25-15-10-11-16-28(25)32(29)35-30/h7-21,23H,4-6,22H2,1-3H3/q+1. The van der Waals surface area contributed by atoms with E-state index in [1.54, 1.807) is 0 Å². The first-order valence-corrected chi connectivity index (χ1v) is 13.5. The Kier molecular flexibility index (Phi) is 7.06. The van der Waals surface area contributed by atoms with Crippen LogP contribution < -0.4 is 9.47 Å². The van der Waals surface area contributed by atoms with Gasteiger partial charge in [-0.3, -0.25) is 0 Å². The summed E-state index contributed by atoms with van der Waals surface area (Å²) in [5.41, 5.74) is 5.26. The lowest BCUT2D eigenvalue weighted by molar-refractivity contribution is -0.672. The number of hydrogen-bond acceptors (Lipinski definition) is 2. The van der Waals surface area contributed by atoms with Gasteiger partial charge in [0, 0.05) is 29.5 Å². The van der Waals surface area contributed by atoms with E-state index in [9.17, 15) is 0 Å². The molecule has 176 valence electrons. The minimum Gasteiger partial charge on any atom is -0.335 e. The predicted octanol–water partition coefficient (Wildman–Crippen LogP) is 8.43. The molecule has 0 fully saturated rings. The van der Waals surface area contributed by atoms with Crippen molar-refractivity contribution >= 4 is 45.2 Å². The maximum absolute atomic E-state index is 2.41. The summed E-state index contributed by atoms with van der Waals surface area (Å²) in [6, 6.07) is 22.0. The summed E-state index contributed by atoms with van der Waals surface area (Å²) in [4.78, 5) is 3.77. The number of unbranched alkanes of at least 4 members (excludes halogenated alkanes) is 1. The second-order valence-electron chi connectivity index (χ2n) is 9.02. The van der Waals surface area contributed by atoms with Crippen LogP contribution in [0.25, 0.3) is 27.8 Å². The summed E-state index contributed by atoms with van der Waals surface area (Å²) in [6.07, 6.45) is 15.6. The first kappa shape index (κ1) is 23.4. The normalized spacial score (nSPS) is 14.8. The van der Waals surface area contributed by atoms with E-state index in [-0.39, 0.29) is 0 Å². The van der Waals surface area contributed by atoms with Crippen LogP contribution >= 0.6 is 11.8 Å². The summed E-state index contributed by atoms with van der Waals surface area (Å²) in [6.45, 7) is 8.71. The minimum atomic E-state index is 0.960. The van der Waals surface area contributed by atoms with E-state index in [1.165, 1.54) is 61.3 Å². The fourth-order valence-electron chi connectivity index (χ4n) is 4.91. The Labute approximate surface area is 213 Å². The molecule has 0 amide bonds. The number of aromatic nitrogens is 1. The van der Waals surface area contributed by atoms with Gasteiger partial charge in [-0.05, 0) is 48.4 Å². The highest BCUT2D eigenvalue weighted by Gasteiger charge is 2.25. The third-order valence-electron chi connectivity index (χ3n) is 6.70. The van der Waals surface area contributed by atoms with E-state index >= 15 is 0 Å². The van der Waals surface area contributed by atoms with Crippen LogP contribution in [0.3, 0.4) is 0 Å². The molecule has 0 unspecified atom stereocenters. The Hall–Kier alpha value is -3.30. The molecule has 1 aliphatic rings. The number of nitrogens with zero attached hydrogens (tertiary/aromatic N) is 2. The molecule has 2 nitrogen and oxygen atoms in total. The van der Waals surface area contributed by atoms with Crippen molar-refractivity contribution in [2.75, 3.05) is 11.4 Å². The van der Waals surface area contributed by atoms with Gasteiger partial charge in [0.05, 0.1) is 16.1 Å². The van der Waals surface area contributed by atoms with Crippen LogP contribution in [0.2, 0.25) is 0 Å². The van der Waals surface area contributed by atoms with Gasteiger partial charge < -0.3 is 4.90 Å². The highest BCUT2D eigenvalue weighted by Crippen LogP contribution is 2.49. The highest BCUT2D eigenvalue weighted by molar-refractivity contribution is 8.04. The number of allylic oxidation sites excluding steroid dienone is 4. The van der Waals surface area contributed by atoms with Crippen LogP contribution in [-0.4, -0.2) is 6.54 Å². The lowest BCUT2D eigenvalue weighted by Crippen LogP contribution is -2.34. The number of aryl methyl sites for hydroxylation is 2. The number of benzene rings is 3. The molecule has 0 saturated carbocycles. The number of thioether (sulfide) groups is 1. The molecule has 3 aromatic carbocycles. The van der Waals surface area contributed by atoms with Gasteiger partial charge in [0.2, 0.25) is 5.52 Å². The van der Waals surface area contributed by atoms with E-state index in [0.29, 0.717) is 0 Å². The zero-order valence-electron chi connectivity index (χ0n) is 20.9. The molecule has 4 aromatic rings. The van der Waals surface area contributed by atoms with E-state index in [4.69, 9.17) is 0 Å². The summed E-state index contributed by atoms with van der Waals surface area (Å²) >= 11 is 1.87. The van der Waals surface area contributed by atoms with Crippen molar-refractivity contribution in [3.63, 3.8) is 0 Å². The second-order valence-corrected chi connectivity index (χ2v) is 10.0.